The van der Waals surface area contributed by atoms with E-state index >= 15 is 0 Å². The zero-order chi connectivity index (χ0) is 18.2. The maximum atomic E-state index is 12.8. The predicted octanol–water partition coefficient (Wildman–Crippen LogP) is 1.18. The number of amides is 1. The Hall–Kier alpha value is -2.64. The number of fused-ring (bicyclic) bond motifs is 1. The van der Waals surface area contributed by atoms with E-state index < -0.39 is 17.4 Å². The van der Waals surface area contributed by atoms with Gasteiger partial charge in [0.15, 0.2) is 0 Å². The van der Waals surface area contributed by atoms with Crippen LogP contribution in [0.2, 0.25) is 0 Å². The van der Waals surface area contributed by atoms with Gasteiger partial charge in [-0.2, -0.15) is 5.10 Å². The molecule has 2 heterocycles. The SMILES string of the molecule is Cn1cc(C(=O)NC2(CC(=O)O)CCCCC2)c(=O)c2cnn(C)c21. The second-order valence-corrected chi connectivity index (χ2v) is 6.85. The molecule has 2 N–H and O–H groups in total. The molecule has 2 aromatic rings. The van der Waals surface area contributed by atoms with E-state index in [1.165, 1.54) is 12.4 Å². The van der Waals surface area contributed by atoms with Crippen LogP contribution < -0.4 is 10.7 Å². The monoisotopic (exact) mass is 346 g/mol. The van der Waals surface area contributed by atoms with Crippen LogP contribution in [0.1, 0.15) is 48.9 Å². The van der Waals surface area contributed by atoms with Gasteiger partial charge in [0.2, 0.25) is 5.43 Å². The van der Waals surface area contributed by atoms with Crippen LogP contribution in [-0.4, -0.2) is 36.9 Å². The Morgan fingerprint density at radius 2 is 1.96 bits per heavy atom. The highest BCUT2D eigenvalue weighted by Crippen LogP contribution is 2.31. The summed E-state index contributed by atoms with van der Waals surface area (Å²) in [6, 6.07) is 0. The number of aryl methyl sites for hydroxylation is 2. The molecule has 1 saturated carbocycles. The number of hydrogen-bond acceptors (Lipinski definition) is 4. The van der Waals surface area contributed by atoms with Crippen LogP contribution in [0.4, 0.5) is 0 Å². The first-order valence-electron chi connectivity index (χ1n) is 8.39. The topological polar surface area (TPSA) is 106 Å². The van der Waals surface area contributed by atoms with E-state index in [9.17, 15) is 19.5 Å². The number of carbonyl (C=O) groups is 2. The van der Waals surface area contributed by atoms with Crippen LogP contribution in [0.15, 0.2) is 17.2 Å². The van der Waals surface area contributed by atoms with E-state index in [1.807, 2.05) is 0 Å². The average molecular weight is 346 g/mol. The van der Waals surface area contributed by atoms with Crippen molar-refractivity contribution < 1.29 is 14.7 Å². The average Bonchev–Trinajstić information content (AvgIpc) is 2.93. The Balaban J connectivity index is 1.97. The Kier molecular flexibility index (Phi) is 4.36. The molecule has 0 aliphatic heterocycles. The molecule has 0 radical (unpaired) electrons. The third kappa shape index (κ3) is 3.16. The summed E-state index contributed by atoms with van der Waals surface area (Å²) in [7, 11) is 3.47. The second kappa shape index (κ2) is 6.34. The number of nitrogens with zero attached hydrogens (tertiary/aromatic N) is 3. The zero-order valence-corrected chi connectivity index (χ0v) is 14.4. The van der Waals surface area contributed by atoms with Crippen LogP contribution in [0.5, 0.6) is 0 Å². The molecule has 1 aliphatic rings. The highest BCUT2D eigenvalue weighted by molar-refractivity contribution is 5.97. The van der Waals surface area contributed by atoms with Gasteiger partial charge >= 0.3 is 5.97 Å². The van der Waals surface area contributed by atoms with E-state index in [-0.39, 0.29) is 17.4 Å². The molecule has 8 nitrogen and oxygen atoms in total. The summed E-state index contributed by atoms with van der Waals surface area (Å²) in [6.45, 7) is 0. The molecule has 3 rings (SSSR count). The number of carbonyl (C=O) groups excluding carboxylic acids is 1. The molecule has 1 fully saturated rings. The normalized spacial score (nSPS) is 16.7. The van der Waals surface area contributed by atoms with Gasteiger partial charge in [-0.1, -0.05) is 19.3 Å². The lowest BCUT2D eigenvalue weighted by Crippen LogP contribution is -2.52. The molecule has 134 valence electrons. The van der Waals surface area contributed by atoms with Crippen molar-refractivity contribution in [2.24, 2.45) is 14.1 Å². The molecular formula is C17H22N4O4. The summed E-state index contributed by atoms with van der Waals surface area (Å²) in [5.41, 5.74) is -0.534. The lowest BCUT2D eigenvalue weighted by atomic mass is 9.79. The second-order valence-electron chi connectivity index (χ2n) is 6.85. The molecule has 0 atom stereocenters. The van der Waals surface area contributed by atoms with E-state index in [0.717, 1.165) is 19.3 Å². The summed E-state index contributed by atoms with van der Waals surface area (Å²) in [4.78, 5) is 36.7. The van der Waals surface area contributed by atoms with Gasteiger partial charge in [-0.3, -0.25) is 19.1 Å². The molecule has 2 aromatic heterocycles. The maximum Gasteiger partial charge on any atom is 0.305 e. The molecular weight excluding hydrogens is 324 g/mol. The van der Waals surface area contributed by atoms with Crippen LogP contribution in [0.25, 0.3) is 11.0 Å². The molecule has 1 aliphatic carbocycles. The van der Waals surface area contributed by atoms with Crippen molar-refractivity contribution in [2.75, 3.05) is 0 Å². The highest BCUT2D eigenvalue weighted by atomic mass is 16.4. The maximum absolute atomic E-state index is 12.8. The van der Waals surface area contributed by atoms with Crippen molar-refractivity contribution in [3.05, 3.63) is 28.2 Å². The lowest BCUT2D eigenvalue weighted by Gasteiger charge is -2.37. The van der Waals surface area contributed by atoms with Crippen LogP contribution in [0, 0.1) is 0 Å². The van der Waals surface area contributed by atoms with Crippen molar-refractivity contribution in [3.63, 3.8) is 0 Å². The van der Waals surface area contributed by atoms with E-state index in [4.69, 9.17) is 0 Å². The molecule has 1 amide bonds. The number of pyridine rings is 1. The Bertz CT molecular complexity index is 890. The number of nitrogens with one attached hydrogen (secondary N) is 1. The smallest absolute Gasteiger partial charge is 0.305 e. The minimum absolute atomic E-state index is 0.0123. The molecule has 25 heavy (non-hydrogen) atoms. The Labute approximate surface area is 144 Å². The number of carboxylic acid groups (broad SMARTS) is 1. The molecule has 0 unspecified atom stereocenters. The first-order valence-corrected chi connectivity index (χ1v) is 8.39. The van der Waals surface area contributed by atoms with Gasteiger partial charge in [0.1, 0.15) is 11.2 Å². The molecule has 0 aromatic carbocycles. The van der Waals surface area contributed by atoms with Crippen LogP contribution in [-0.2, 0) is 18.9 Å². The largest absolute Gasteiger partial charge is 0.481 e. The summed E-state index contributed by atoms with van der Waals surface area (Å²) in [5.74, 6) is -1.47. The van der Waals surface area contributed by atoms with E-state index in [2.05, 4.69) is 10.4 Å². The molecule has 0 bridgehead atoms. The Morgan fingerprint density at radius 1 is 1.28 bits per heavy atom. The number of rotatable bonds is 4. The van der Waals surface area contributed by atoms with Gasteiger partial charge in [-0.05, 0) is 12.8 Å². The van der Waals surface area contributed by atoms with Gasteiger partial charge in [-0.25, -0.2) is 0 Å². The van der Waals surface area contributed by atoms with Crippen molar-refractivity contribution in [3.8, 4) is 0 Å². The van der Waals surface area contributed by atoms with Crippen molar-refractivity contribution >= 4 is 22.9 Å². The zero-order valence-electron chi connectivity index (χ0n) is 14.4. The van der Waals surface area contributed by atoms with Crippen molar-refractivity contribution in [1.29, 1.82) is 0 Å². The molecule has 8 heteroatoms. The summed E-state index contributed by atoms with van der Waals surface area (Å²) in [5, 5.41) is 16.5. The Morgan fingerprint density at radius 3 is 2.60 bits per heavy atom. The van der Waals surface area contributed by atoms with Gasteiger partial charge < -0.3 is 15.0 Å². The predicted molar refractivity (Wildman–Crippen MR) is 91.5 cm³/mol. The summed E-state index contributed by atoms with van der Waals surface area (Å²) < 4.78 is 3.26. The third-order valence-electron chi connectivity index (χ3n) is 4.98. The van der Waals surface area contributed by atoms with Crippen molar-refractivity contribution in [1.82, 2.24) is 19.7 Å². The van der Waals surface area contributed by atoms with E-state index in [1.54, 1.807) is 23.3 Å². The number of aromatic nitrogens is 3. The van der Waals surface area contributed by atoms with Gasteiger partial charge in [-0.15, -0.1) is 0 Å². The van der Waals surface area contributed by atoms with Gasteiger partial charge in [0.25, 0.3) is 5.91 Å². The van der Waals surface area contributed by atoms with E-state index in [0.29, 0.717) is 23.9 Å². The van der Waals surface area contributed by atoms with Crippen molar-refractivity contribution in [2.45, 2.75) is 44.1 Å². The minimum atomic E-state index is -0.946. The quantitative estimate of drug-likeness (QED) is 0.865. The first-order chi connectivity index (χ1) is 11.8. The van der Waals surface area contributed by atoms with Crippen LogP contribution in [0.3, 0.4) is 0 Å². The molecule has 0 saturated heterocycles. The lowest BCUT2D eigenvalue weighted by molar-refractivity contribution is -0.139. The summed E-state index contributed by atoms with van der Waals surface area (Å²) >= 11 is 0. The third-order valence-corrected chi connectivity index (χ3v) is 4.98. The highest BCUT2D eigenvalue weighted by Gasteiger charge is 2.36. The summed E-state index contributed by atoms with van der Waals surface area (Å²) in [6.07, 6.45) is 6.79. The van der Waals surface area contributed by atoms with Gasteiger partial charge in [0.05, 0.1) is 23.5 Å². The fourth-order valence-corrected chi connectivity index (χ4v) is 3.80. The minimum Gasteiger partial charge on any atom is -0.481 e. The standard InChI is InChI=1S/C17H22N4O4/c1-20-10-12(14(24)11-9-18-21(2)16(11)20)15(25)19-17(8-13(22)23)6-4-3-5-7-17/h9-10H,3-8H2,1-2H3,(H,19,25)(H,22,23). The first kappa shape index (κ1) is 17.2. The number of aliphatic carboxylic acids is 1. The fraction of sp³-hybridized carbons (Fsp3) is 0.529. The fourth-order valence-electron chi connectivity index (χ4n) is 3.80. The molecule has 0 spiro atoms. The number of carboxylic acids is 1. The number of hydrogen-bond donors (Lipinski definition) is 2. The van der Waals surface area contributed by atoms with Gasteiger partial charge in [0, 0.05) is 20.3 Å². The van der Waals surface area contributed by atoms with Crippen LogP contribution >= 0.6 is 0 Å².